The fourth-order valence-electron chi connectivity index (χ4n) is 14.3. The van der Waals surface area contributed by atoms with Crippen LogP contribution in [0.25, 0.3) is 0 Å². The number of rotatable bonds is 33. The number of carbonyl (C=O) groups is 5. The summed E-state index contributed by atoms with van der Waals surface area (Å²) in [5.74, 6) is -4.49. The van der Waals surface area contributed by atoms with E-state index in [0.717, 1.165) is 34.6 Å². The first-order chi connectivity index (χ1) is 53.8. The van der Waals surface area contributed by atoms with Crippen LogP contribution in [0.5, 0.6) is 0 Å². The molecule has 660 valence electrons. The van der Waals surface area contributed by atoms with Gasteiger partial charge < -0.3 is 225 Å². The Hall–Kier alpha value is -4.25. The van der Waals surface area contributed by atoms with Crippen LogP contribution in [-0.2, 0) is 99.8 Å². The van der Waals surface area contributed by atoms with Crippen molar-refractivity contribution in [2.24, 2.45) is 0 Å². The lowest BCUT2D eigenvalue weighted by atomic mass is 9.94. The van der Waals surface area contributed by atoms with Gasteiger partial charge in [-0.3, -0.25) is 24.0 Å². The predicted molar refractivity (Wildman–Crippen MR) is 356 cm³/mol. The molecule has 50 heteroatoms. The van der Waals surface area contributed by atoms with Crippen molar-refractivity contribution in [3.63, 3.8) is 0 Å². The molecule has 8 aliphatic rings. The zero-order valence-electron chi connectivity index (χ0n) is 62.1. The van der Waals surface area contributed by atoms with E-state index in [1.165, 1.54) is 6.92 Å². The van der Waals surface area contributed by atoms with Gasteiger partial charge in [0.1, 0.15) is 207 Å². The van der Waals surface area contributed by atoms with E-state index in [1.807, 2.05) is 0 Å². The molecule has 0 radical (unpaired) electrons. The second-order valence-corrected chi connectivity index (χ2v) is 28.7. The van der Waals surface area contributed by atoms with Gasteiger partial charge in [-0.05, 0) is 6.92 Å². The van der Waals surface area contributed by atoms with Crippen molar-refractivity contribution < 1.29 is 222 Å². The molecule has 29 N–H and O–H groups in total. The third-order valence-corrected chi connectivity index (χ3v) is 20.4. The molecule has 50 nitrogen and oxygen atoms in total. The summed E-state index contributed by atoms with van der Waals surface area (Å²) >= 11 is 0. The number of aliphatic hydroxyl groups is 24. The molecule has 0 saturated carbocycles. The molecule has 8 aliphatic heterocycles. The first-order valence-corrected chi connectivity index (χ1v) is 36.4. The number of aliphatic hydroxyl groups excluding tert-OH is 24. The summed E-state index contributed by atoms with van der Waals surface area (Å²) in [6, 6.07) is -9.17. The van der Waals surface area contributed by atoms with Crippen LogP contribution in [0.15, 0.2) is 0 Å². The Morgan fingerprint density at radius 1 is 0.325 bits per heavy atom. The Morgan fingerprint density at radius 3 is 1.11 bits per heavy atom. The highest BCUT2D eigenvalue weighted by atomic mass is 16.8. The molecule has 8 rings (SSSR count). The van der Waals surface area contributed by atoms with Gasteiger partial charge >= 0.3 is 0 Å². The van der Waals surface area contributed by atoms with Crippen LogP contribution in [0, 0.1) is 0 Å². The fraction of sp³-hybridized carbons (Fsp3) is 0.922. The van der Waals surface area contributed by atoms with Gasteiger partial charge in [0, 0.05) is 34.6 Å². The summed E-state index contributed by atoms with van der Waals surface area (Å²) in [6.07, 6.45) is -80.8. The molecule has 114 heavy (non-hydrogen) atoms. The summed E-state index contributed by atoms with van der Waals surface area (Å²) in [5.41, 5.74) is 0. The van der Waals surface area contributed by atoms with E-state index in [-0.39, 0.29) is 0 Å². The van der Waals surface area contributed by atoms with Crippen LogP contribution < -0.4 is 26.6 Å². The van der Waals surface area contributed by atoms with Gasteiger partial charge in [0.2, 0.25) is 29.5 Å². The average molecular weight is 1670 g/mol. The maximum absolute atomic E-state index is 13.2. The standard InChI is InChI=1S/C64H109N5O45/c1-16-35(83)46(94)49(97)61(101-16)99-14-23(82)51(36(84)22(7-70)65-17(2)77)109-59-33(68-20(5)80)45(93)53(29(13-76)106-59)111-62-50(98)54(41(89)30(108-62)15-100-63-55(47(95)39(87)26(10-73)104-63)113-58-32(67-19(4)79)43(91)38(86)25(9-72)103-58)112-64-56(48(96)40(88)27(11-74)105-64)114-60-34(69-21(6)81)44(92)52(28(12-75)107-60)110-57-31(66-18(3)78)42(90)37(85)24(8-71)102-57/h16,22-64,70-76,82-98H,7-15H2,1-6H3,(H,65,77)(H,66,78)(H,67,79)(H,68,80)(H,69,81)/t16-,22-,23+,24+,25+,26+,27+,28+,29+,30+,31+,32+,33+,34+,35+,36+,37-,38+,39+,40+,41+,42+,43+,44+,45+,46+,47-,48-,49-,50-,51+,52+,53+,54-,55-,56-,57?,58?,59?,60?,61?,62?,63?,64?/m0/s1. The second-order valence-electron chi connectivity index (χ2n) is 28.7. The van der Waals surface area contributed by atoms with Crippen LogP contribution in [-0.4, -0.2) is 481 Å². The minimum absolute atomic E-state index is 0.811. The van der Waals surface area contributed by atoms with Crippen molar-refractivity contribution >= 4 is 29.5 Å². The van der Waals surface area contributed by atoms with E-state index in [9.17, 15) is 147 Å². The lowest BCUT2D eigenvalue weighted by Gasteiger charge is -2.51. The van der Waals surface area contributed by atoms with Crippen LogP contribution in [0.4, 0.5) is 0 Å². The second kappa shape index (κ2) is 42.3. The quantitative estimate of drug-likeness (QED) is 0.0290. The highest BCUT2D eigenvalue weighted by Crippen LogP contribution is 2.39. The van der Waals surface area contributed by atoms with E-state index in [1.54, 1.807) is 0 Å². The SMILES string of the molecule is CC(=O)N[C@@H](CO)[C@@H](O)[C@H](OC1O[C@H](CO)[C@@H](OC2O[C@H](COC3O[C@H](CO)[C@@H](O)[C@H](O)[C@@H]3OC3O[C@H](CO)[C@@H](O)[C@H](O)[C@H]3NC(C)=O)[C@@H](O)[C@H](OC3O[C@H](CO)[C@@H](O)[C@H](O)[C@@H]3OC3O[C@H](CO)[C@@H](OC4O[C@H](CO)[C@H](O)[C@H](O)[C@H]4NC(C)=O)[C@H](O)[C@H]3NC(C)=O)[C@@H]2O)[C@H](O)[C@H]1NC(C)=O)[C@H](O)COC1O[C@@H](C)[C@@H](O)[C@@H](O)[C@@H]1O. The average Bonchev–Trinajstić information content (AvgIpc) is 0.771. The van der Waals surface area contributed by atoms with E-state index in [0.29, 0.717) is 0 Å². The molecule has 44 atom stereocenters. The number of carbonyl (C=O) groups excluding carboxylic acids is 5. The number of hydrogen-bond donors (Lipinski definition) is 29. The summed E-state index contributed by atoms with van der Waals surface area (Å²) in [5, 5.41) is 280. The van der Waals surface area contributed by atoms with E-state index in [2.05, 4.69) is 26.6 Å². The first-order valence-electron chi connectivity index (χ1n) is 36.4. The third kappa shape index (κ3) is 22.1. The van der Waals surface area contributed by atoms with Gasteiger partial charge in [0.25, 0.3) is 0 Å². The summed E-state index contributed by atoms with van der Waals surface area (Å²) in [4.78, 5) is 63.3. The van der Waals surface area contributed by atoms with Crippen molar-refractivity contribution in [2.45, 2.75) is 311 Å². The molecule has 0 bridgehead atoms. The van der Waals surface area contributed by atoms with E-state index in [4.69, 9.17) is 75.8 Å². The molecule has 0 aromatic rings. The Balaban J connectivity index is 1.16. The van der Waals surface area contributed by atoms with Crippen molar-refractivity contribution in [1.82, 2.24) is 26.6 Å². The fourth-order valence-corrected chi connectivity index (χ4v) is 14.3. The van der Waals surface area contributed by atoms with Gasteiger partial charge in [-0.1, -0.05) is 0 Å². The van der Waals surface area contributed by atoms with E-state index >= 15 is 0 Å². The zero-order valence-corrected chi connectivity index (χ0v) is 62.1. The largest absolute Gasteiger partial charge is 0.394 e. The van der Waals surface area contributed by atoms with Crippen molar-refractivity contribution in [3.05, 3.63) is 0 Å². The number of hydrogen-bond acceptors (Lipinski definition) is 45. The predicted octanol–water partition coefficient (Wildman–Crippen LogP) is -19.2. The van der Waals surface area contributed by atoms with Gasteiger partial charge in [-0.15, -0.1) is 0 Å². The van der Waals surface area contributed by atoms with Crippen molar-refractivity contribution in [3.8, 4) is 0 Å². The molecular formula is C64H109N5O45. The maximum atomic E-state index is 13.2. The third-order valence-electron chi connectivity index (χ3n) is 20.4. The Morgan fingerprint density at radius 2 is 0.684 bits per heavy atom. The summed E-state index contributed by atoms with van der Waals surface area (Å²) < 4.78 is 95.2. The van der Waals surface area contributed by atoms with Crippen LogP contribution in [0.3, 0.4) is 0 Å². The van der Waals surface area contributed by atoms with Crippen molar-refractivity contribution in [2.75, 3.05) is 59.5 Å². The highest BCUT2D eigenvalue weighted by molar-refractivity contribution is 5.75. The molecule has 0 aliphatic carbocycles. The Kier molecular flexibility index (Phi) is 35.3. The zero-order chi connectivity index (χ0) is 84.5. The lowest BCUT2D eigenvalue weighted by Crippen LogP contribution is -2.71. The summed E-state index contributed by atoms with van der Waals surface area (Å²) in [7, 11) is 0. The molecule has 8 unspecified atom stereocenters. The lowest BCUT2D eigenvalue weighted by molar-refractivity contribution is -0.397. The molecule has 0 aromatic heterocycles. The Bertz CT molecular complexity index is 3030. The van der Waals surface area contributed by atoms with Crippen LogP contribution in [0.2, 0.25) is 0 Å². The van der Waals surface area contributed by atoms with Gasteiger partial charge in [-0.2, -0.15) is 0 Å². The number of nitrogens with one attached hydrogen (secondary N) is 5. The minimum atomic E-state index is -2.60. The normalized spacial score (nSPS) is 45.3. The molecule has 8 saturated heterocycles. The van der Waals surface area contributed by atoms with Gasteiger partial charge in [0.05, 0.1) is 71.6 Å². The molecular weight excluding hydrogens is 1560 g/mol. The smallest absolute Gasteiger partial charge is 0.217 e. The first kappa shape index (κ1) is 95.2. The van der Waals surface area contributed by atoms with Gasteiger partial charge in [0.15, 0.2) is 50.3 Å². The molecule has 8 heterocycles. The molecule has 0 aromatic carbocycles. The molecule has 0 spiro atoms. The van der Waals surface area contributed by atoms with Gasteiger partial charge in [-0.25, -0.2) is 0 Å². The molecule has 8 fully saturated rings. The maximum Gasteiger partial charge on any atom is 0.217 e. The highest BCUT2D eigenvalue weighted by Gasteiger charge is 2.60. The van der Waals surface area contributed by atoms with E-state index < -0.39 is 359 Å². The number of ether oxygens (including phenoxy) is 16. The number of amides is 5. The topological polar surface area (TPSA) is 779 Å². The Labute approximate surface area is 647 Å². The summed E-state index contributed by atoms with van der Waals surface area (Å²) in [6.45, 7) is -3.85. The van der Waals surface area contributed by atoms with Crippen LogP contribution in [0.1, 0.15) is 41.5 Å². The minimum Gasteiger partial charge on any atom is -0.394 e. The van der Waals surface area contributed by atoms with Crippen LogP contribution >= 0.6 is 0 Å². The molecule has 5 amide bonds. The van der Waals surface area contributed by atoms with Crippen molar-refractivity contribution in [1.29, 1.82) is 0 Å². The monoisotopic (exact) mass is 1670 g/mol.